The van der Waals surface area contributed by atoms with Crippen molar-refractivity contribution in [3.63, 3.8) is 0 Å². The number of rotatable bonds is 58. The van der Waals surface area contributed by atoms with E-state index in [0.717, 1.165) is 103 Å². The summed E-state index contributed by atoms with van der Waals surface area (Å²) in [7, 11) is 0. The Bertz CT molecular complexity index is 2130. The summed E-state index contributed by atoms with van der Waals surface area (Å²) in [6.07, 6.45) is 50.8. The minimum absolute atomic E-state index is 0.230. The normalized spacial score (nSPS) is 27.5. The highest BCUT2D eigenvalue weighted by Gasteiger charge is 2.53. The zero-order valence-electron chi connectivity index (χ0n) is 59.5. The van der Waals surface area contributed by atoms with Crippen molar-refractivity contribution in [2.75, 3.05) is 26.4 Å². The van der Waals surface area contributed by atoms with Crippen LogP contribution in [0, 0.1) is 0 Å². The topological polar surface area (TPSA) is 307 Å². The Morgan fingerprint density at radius 3 is 1.11 bits per heavy atom. The van der Waals surface area contributed by atoms with Crippen molar-refractivity contribution in [2.45, 2.75) is 362 Å². The molecule has 0 bridgehead atoms. The highest BCUT2D eigenvalue weighted by Crippen LogP contribution is 2.33. The molecule has 3 rings (SSSR count). The number of aliphatic hydroxyl groups excluding tert-OH is 11. The maximum absolute atomic E-state index is 13.5. The van der Waals surface area contributed by atoms with E-state index in [9.17, 15) is 61.0 Å². The Morgan fingerprint density at radius 2 is 0.711 bits per heavy atom. The smallest absolute Gasteiger partial charge is 0.220 e. The molecule has 17 unspecified atom stereocenters. The van der Waals surface area contributed by atoms with Crippen LogP contribution in [0.15, 0.2) is 97.2 Å². The number of carbonyl (C=O) groups excluding carboxylic acids is 1. The molecule has 3 fully saturated rings. The third-order valence-electron chi connectivity index (χ3n) is 18.4. The van der Waals surface area contributed by atoms with Gasteiger partial charge in [0.15, 0.2) is 18.9 Å². The van der Waals surface area contributed by atoms with Crippen molar-refractivity contribution in [1.29, 1.82) is 0 Å². The summed E-state index contributed by atoms with van der Waals surface area (Å²) >= 11 is 0. The van der Waals surface area contributed by atoms with E-state index in [0.29, 0.717) is 6.42 Å². The van der Waals surface area contributed by atoms with Crippen molar-refractivity contribution >= 4 is 5.91 Å². The fourth-order valence-electron chi connectivity index (χ4n) is 12.3. The molecule has 3 saturated heterocycles. The second-order valence-corrected chi connectivity index (χ2v) is 26.7. The van der Waals surface area contributed by atoms with Gasteiger partial charge >= 0.3 is 0 Å². The van der Waals surface area contributed by atoms with Crippen LogP contribution in [0.5, 0.6) is 0 Å². The summed E-state index contributed by atoms with van der Waals surface area (Å²) in [5, 5.41) is 121. The molecule has 17 atom stereocenters. The molecule has 3 aliphatic rings. The lowest BCUT2D eigenvalue weighted by molar-refractivity contribution is -0.379. The molecule has 0 aromatic rings. The first kappa shape index (κ1) is 87.9. The van der Waals surface area contributed by atoms with Gasteiger partial charge in [0.05, 0.1) is 38.6 Å². The molecule has 0 radical (unpaired) electrons. The van der Waals surface area contributed by atoms with E-state index in [1.165, 1.54) is 128 Å². The lowest BCUT2D eigenvalue weighted by Gasteiger charge is -2.48. The molecule has 0 aromatic carbocycles. The van der Waals surface area contributed by atoms with Gasteiger partial charge in [0.1, 0.15) is 73.2 Å². The highest BCUT2D eigenvalue weighted by atomic mass is 16.8. The van der Waals surface area contributed by atoms with E-state index in [4.69, 9.17) is 28.4 Å². The van der Waals surface area contributed by atoms with Crippen LogP contribution < -0.4 is 5.32 Å². The maximum Gasteiger partial charge on any atom is 0.220 e. The molecular formula is C78H135NO18. The summed E-state index contributed by atoms with van der Waals surface area (Å²) < 4.78 is 34.4. The number of aliphatic hydroxyl groups is 11. The Hall–Kier alpha value is -3.29. The number of hydrogen-bond acceptors (Lipinski definition) is 18. The van der Waals surface area contributed by atoms with Crippen LogP contribution in [0.4, 0.5) is 0 Å². The van der Waals surface area contributed by atoms with Crippen LogP contribution in [-0.2, 0) is 33.2 Å². The molecule has 19 heteroatoms. The van der Waals surface area contributed by atoms with E-state index < -0.39 is 124 Å². The average Bonchev–Trinajstić information content (AvgIpc) is 0.798. The first-order chi connectivity index (χ1) is 47.3. The average molecular weight is 1370 g/mol. The fraction of sp³-hybridized carbons (Fsp3) is 0.782. The first-order valence-electron chi connectivity index (χ1n) is 38.0. The Balaban J connectivity index is 1.40. The number of hydrogen-bond donors (Lipinski definition) is 12. The van der Waals surface area contributed by atoms with E-state index in [2.05, 4.69) is 104 Å². The minimum atomic E-state index is -1.98. The highest BCUT2D eigenvalue weighted by molar-refractivity contribution is 5.76. The van der Waals surface area contributed by atoms with E-state index >= 15 is 0 Å². The van der Waals surface area contributed by atoms with Crippen molar-refractivity contribution < 1.29 is 89.4 Å². The molecule has 97 heavy (non-hydrogen) atoms. The number of allylic oxidation sites excluding steroid dienone is 15. The Kier molecular flexibility index (Phi) is 52.8. The van der Waals surface area contributed by atoms with Crippen LogP contribution in [-0.4, -0.2) is 193 Å². The van der Waals surface area contributed by atoms with E-state index in [1.54, 1.807) is 6.08 Å². The number of carbonyl (C=O) groups is 1. The van der Waals surface area contributed by atoms with Gasteiger partial charge in [-0.1, -0.05) is 272 Å². The second-order valence-electron chi connectivity index (χ2n) is 26.7. The molecule has 19 nitrogen and oxygen atoms in total. The number of ether oxygens (including phenoxy) is 6. The monoisotopic (exact) mass is 1370 g/mol. The van der Waals surface area contributed by atoms with Crippen LogP contribution in [0.25, 0.3) is 0 Å². The van der Waals surface area contributed by atoms with Gasteiger partial charge in [0.25, 0.3) is 0 Å². The van der Waals surface area contributed by atoms with Crippen LogP contribution in [0.3, 0.4) is 0 Å². The summed E-state index contributed by atoms with van der Waals surface area (Å²) in [4.78, 5) is 13.5. The summed E-state index contributed by atoms with van der Waals surface area (Å²) in [6.45, 7) is 1.63. The standard InChI is InChI=1S/C78H135NO18/c1-3-5-7-9-11-13-15-17-19-21-23-25-26-27-28-29-30-31-32-33-34-36-38-40-42-44-46-48-50-52-54-56-66(84)79-61(62(83)55-53-51-49-47-45-43-41-39-37-35-24-22-20-18-16-14-12-10-8-6-4-2)60-92-76-72(90)69(87)74(64(58-81)94-76)97-78-73(91)70(88)75(65(59-82)95-78)96-77-71(89)68(86)67(85)63(57-80)93-77/h5,7,11,13,17,19,23,25,27-28,30-31,33-34,53,55,61-65,67-78,80-83,85-91H,3-4,6,8-10,12,14-16,18,20-22,24,26,29,32,35-52,54,56-60H2,1-2H3,(H,79,84)/b7-5-,13-11-,19-17-,25-23-,28-27-,31-30-,34-33-,55-53+. The van der Waals surface area contributed by atoms with Crippen molar-refractivity contribution in [1.82, 2.24) is 5.32 Å². The van der Waals surface area contributed by atoms with Crippen molar-refractivity contribution in [3.8, 4) is 0 Å². The van der Waals surface area contributed by atoms with Crippen molar-refractivity contribution in [2.24, 2.45) is 0 Å². The molecule has 3 heterocycles. The van der Waals surface area contributed by atoms with Gasteiger partial charge in [-0.3, -0.25) is 4.79 Å². The van der Waals surface area contributed by atoms with Gasteiger partial charge < -0.3 is 89.9 Å². The molecule has 0 spiro atoms. The molecule has 0 saturated carbocycles. The number of nitrogens with one attached hydrogen (secondary N) is 1. The quantitative estimate of drug-likeness (QED) is 0.0199. The SMILES string of the molecule is CC/C=C\C/C=C\C/C=C\C/C=C\C/C=C\C/C=C\C/C=C\CCCCCCCCCCCC(=O)NC(COC1OC(CO)C(OC2OC(CO)C(OC3OC(CO)C(O)C(O)C3O)C(O)C2O)C(O)C1O)C(O)/C=C/CCCCCCCCCCCCCCCCCCCCC. The fourth-order valence-corrected chi connectivity index (χ4v) is 12.3. The van der Waals surface area contributed by atoms with Gasteiger partial charge in [0, 0.05) is 6.42 Å². The van der Waals surface area contributed by atoms with Crippen LogP contribution >= 0.6 is 0 Å². The van der Waals surface area contributed by atoms with E-state index in [-0.39, 0.29) is 18.9 Å². The summed E-state index contributed by atoms with van der Waals surface area (Å²) in [5.41, 5.74) is 0. The molecular weight excluding hydrogens is 1240 g/mol. The van der Waals surface area contributed by atoms with Gasteiger partial charge in [-0.15, -0.1) is 0 Å². The predicted octanol–water partition coefficient (Wildman–Crippen LogP) is 11.6. The third kappa shape index (κ3) is 39.1. The molecule has 3 aliphatic heterocycles. The second kappa shape index (κ2) is 58.2. The van der Waals surface area contributed by atoms with Gasteiger partial charge in [-0.25, -0.2) is 0 Å². The molecule has 1 amide bonds. The van der Waals surface area contributed by atoms with Gasteiger partial charge in [-0.2, -0.15) is 0 Å². The van der Waals surface area contributed by atoms with Crippen molar-refractivity contribution in [3.05, 3.63) is 97.2 Å². The molecule has 0 aromatic heterocycles. The first-order valence-corrected chi connectivity index (χ1v) is 38.0. The lowest BCUT2D eigenvalue weighted by atomic mass is 9.96. The largest absolute Gasteiger partial charge is 0.394 e. The third-order valence-corrected chi connectivity index (χ3v) is 18.4. The molecule has 12 N–H and O–H groups in total. The summed E-state index contributed by atoms with van der Waals surface area (Å²) in [5.74, 6) is -0.284. The zero-order chi connectivity index (χ0) is 70.4. The Morgan fingerprint density at radius 1 is 0.381 bits per heavy atom. The number of unbranched alkanes of at least 4 members (excludes halogenated alkanes) is 28. The lowest BCUT2D eigenvalue weighted by Crippen LogP contribution is -2.66. The summed E-state index contributed by atoms with van der Waals surface area (Å²) in [6, 6.07) is -0.984. The minimum Gasteiger partial charge on any atom is -0.394 e. The zero-order valence-corrected chi connectivity index (χ0v) is 59.5. The maximum atomic E-state index is 13.5. The molecule has 560 valence electrons. The predicted molar refractivity (Wildman–Crippen MR) is 383 cm³/mol. The Labute approximate surface area is 583 Å². The van der Waals surface area contributed by atoms with Gasteiger partial charge in [-0.05, 0) is 77.0 Å². The van der Waals surface area contributed by atoms with E-state index in [1.807, 2.05) is 6.08 Å². The van der Waals surface area contributed by atoms with Gasteiger partial charge in [0.2, 0.25) is 5.91 Å². The molecule has 0 aliphatic carbocycles. The van der Waals surface area contributed by atoms with Crippen LogP contribution in [0.1, 0.15) is 258 Å². The number of amides is 1. The van der Waals surface area contributed by atoms with Crippen LogP contribution in [0.2, 0.25) is 0 Å².